The van der Waals surface area contributed by atoms with Gasteiger partial charge in [0.05, 0.1) is 6.10 Å². The summed E-state index contributed by atoms with van der Waals surface area (Å²) in [7, 11) is 0. The van der Waals surface area contributed by atoms with Crippen molar-refractivity contribution in [3.05, 3.63) is 33.8 Å². The second kappa shape index (κ2) is 7.99. The number of benzene rings is 1. The zero-order valence-electron chi connectivity index (χ0n) is 14.3. The van der Waals surface area contributed by atoms with E-state index in [0.29, 0.717) is 10.6 Å². The second-order valence-corrected chi connectivity index (χ2v) is 7.12. The van der Waals surface area contributed by atoms with Gasteiger partial charge in [-0.3, -0.25) is 0 Å². The van der Waals surface area contributed by atoms with E-state index in [1.165, 1.54) is 0 Å². The predicted molar refractivity (Wildman–Crippen MR) is 90.7 cm³/mol. The van der Waals surface area contributed by atoms with E-state index in [1.807, 2.05) is 13.8 Å². The first-order valence-electron chi connectivity index (χ1n) is 7.61. The average molecular weight is 344 g/mol. The molecule has 0 bridgehead atoms. The van der Waals surface area contributed by atoms with Crippen LogP contribution >= 0.6 is 11.6 Å². The third-order valence-corrected chi connectivity index (χ3v) is 3.55. The number of halogens is 1. The van der Waals surface area contributed by atoms with Gasteiger partial charge >= 0.3 is 6.09 Å². The van der Waals surface area contributed by atoms with Gasteiger partial charge in [-0.05, 0) is 69.9 Å². The Kier molecular flexibility index (Phi) is 6.86. The molecular weight excluding hydrogens is 318 g/mol. The van der Waals surface area contributed by atoms with Crippen LogP contribution in [0.2, 0.25) is 5.02 Å². The maximum absolute atomic E-state index is 11.5. The molecule has 1 aromatic rings. The van der Waals surface area contributed by atoms with E-state index >= 15 is 0 Å². The van der Waals surface area contributed by atoms with Gasteiger partial charge < -0.3 is 20.3 Å². The van der Waals surface area contributed by atoms with Crippen LogP contribution in [-0.4, -0.2) is 34.6 Å². The smallest absolute Gasteiger partial charge is 0.407 e. The van der Waals surface area contributed by atoms with Crippen LogP contribution in [0.25, 0.3) is 0 Å². The van der Waals surface area contributed by atoms with Crippen LogP contribution in [0.4, 0.5) is 4.79 Å². The van der Waals surface area contributed by atoms with Crippen LogP contribution in [0, 0.1) is 13.8 Å². The lowest BCUT2D eigenvalue weighted by molar-refractivity contribution is 0.0116. The molecule has 0 radical (unpaired) electrons. The molecule has 23 heavy (non-hydrogen) atoms. The number of amides is 1. The Morgan fingerprint density at radius 3 is 2.26 bits per heavy atom. The Morgan fingerprint density at radius 1 is 1.26 bits per heavy atom. The fourth-order valence-electron chi connectivity index (χ4n) is 2.37. The number of alkyl carbamates (subject to hydrolysis) is 1. The van der Waals surface area contributed by atoms with E-state index < -0.39 is 23.9 Å². The van der Waals surface area contributed by atoms with Crippen molar-refractivity contribution in [2.45, 2.75) is 58.8 Å². The number of hydrogen-bond acceptors (Lipinski definition) is 4. The molecule has 0 fully saturated rings. The van der Waals surface area contributed by atoms with Gasteiger partial charge in [-0.1, -0.05) is 11.6 Å². The Hall–Kier alpha value is -1.30. The molecule has 2 atom stereocenters. The third kappa shape index (κ3) is 6.37. The van der Waals surface area contributed by atoms with Crippen LogP contribution in [-0.2, 0) is 4.74 Å². The monoisotopic (exact) mass is 343 g/mol. The van der Waals surface area contributed by atoms with Crippen molar-refractivity contribution in [1.29, 1.82) is 0 Å². The lowest BCUT2D eigenvalue weighted by Gasteiger charge is -2.23. The van der Waals surface area contributed by atoms with Crippen LogP contribution < -0.4 is 5.32 Å². The van der Waals surface area contributed by atoms with Gasteiger partial charge in [0.2, 0.25) is 0 Å². The molecule has 0 spiro atoms. The van der Waals surface area contributed by atoms with Crippen LogP contribution in [0.3, 0.4) is 0 Å². The Bertz CT molecular complexity index is 531. The van der Waals surface area contributed by atoms with E-state index in [4.69, 9.17) is 16.3 Å². The highest BCUT2D eigenvalue weighted by molar-refractivity contribution is 6.30. The third-order valence-electron chi connectivity index (χ3n) is 3.33. The van der Waals surface area contributed by atoms with Gasteiger partial charge in [0, 0.05) is 11.6 Å². The topological polar surface area (TPSA) is 78.8 Å². The van der Waals surface area contributed by atoms with Gasteiger partial charge in [0.1, 0.15) is 11.7 Å². The largest absolute Gasteiger partial charge is 0.444 e. The maximum atomic E-state index is 11.5. The number of nitrogens with one attached hydrogen (secondary N) is 1. The van der Waals surface area contributed by atoms with Crippen LogP contribution in [0.5, 0.6) is 0 Å². The summed E-state index contributed by atoms with van der Waals surface area (Å²) >= 11 is 5.97. The molecule has 3 N–H and O–H groups in total. The summed E-state index contributed by atoms with van der Waals surface area (Å²) in [5.41, 5.74) is 1.74. The first-order chi connectivity index (χ1) is 10.5. The SMILES string of the molecule is Cc1cc(Cl)cc(C)c1C(O)C(O)CCNC(=O)OC(C)(C)C. The quantitative estimate of drug-likeness (QED) is 0.766. The molecule has 1 aromatic carbocycles. The highest BCUT2D eigenvalue weighted by Gasteiger charge is 2.23. The zero-order chi connectivity index (χ0) is 17.8. The van der Waals surface area contributed by atoms with Crippen LogP contribution in [0.1, 0.15) is 50.0 Å². The lowest BCUT2D eigenvalue weighted by atomic mass is 9.93. The lowest BCUT2D eigenvalue weighted by Crippen LogP contribution is -2.34. The van der Waals surface area contributed by atoms with Crippen LogP contribution in [0.15, 0.2) is 12.1 Å². The van der Waals surface area contributed by atoms with Crippen molar-refractivity contribution in [1.82, 2.24) is 5.32 Å². The normalized spacial score (nSPS) is 14.3. The second-order valence-electron chi connectivity index (χ2n) is 6.68. The number of carbonyl (C=O) groups excluding carboxylic acids is 1. The number of ether oxygens (including phenoxy) is 1. The summed E-state index contributed by atoms with van der Waals surface area (Å²) in [5, 5.41) is 23.7. The number of carbonyl (C=O) groups is 1. The van der Waals surface area contributed by atoms with Gasteiger partial charge in [-0.25, -0.2) is 4.79 Å². The molecule has 0 heterocycles. The van der Waals surface area contributed by atoms with E-state index in [2.05, 4.69) is 5.32 Å². The van der Waals surface area contributed by atoms with Crippen molar-refractivity contribution in [3.8, 4) is 0 Å². The minimum atomic E-state index is -1.03. The van der Waals surface area contributed by atoms with Gasteiger partial charge in [-0.15, -0.1) is 0 Å². The number of rotatable bonds is 5. The molecule has 0 aliphatic heterocycles. The van der Waals surface area contributed by atoms with Crippen molar-refractivity contribution in [2.75, 3.05) is 6.54 Å². The van der Waals surface area contributed by atoms with E-state index in [9.17, 15) is 15.0 Å². The highest BCUT2D eigenvalue weighted by Crippen LogP contribution is 2.28. The van der Waals surface area contributed by atoms with Crippen molar-refractivity contribution < 1.29 is 19.7 Å². The van der Waals surface area contributed by atoms with E-state index in [-0.39, 0.29) is 13.0 Å². The standard InChI is InChI=1S/C17H26ClNO4/c1-10-8-12(18)9-11(2)14(10)15(21)13(20)6-7-19-16(22)23-17(3,4)5/h8-9,13,15,20-21H,6-7H2,1-5H3,(H,19,22). The average Bonchev–Trinajstić information content (AvgIpc) is 2.34. The summed E-state index contributed by atoms with van der Waals surface area (Å²) in [6, 6.07) is 3.50. The van der Waals surface area contributed by atoms with Gasteiger partial charge in [0.25, 0.3) is 0 Å². The van der Waals surface area contributed by atoms with Crippen molar-refractivity contribution in [2.24, 2.45) is 0 Å². The van der Waals surface area contributed by atoms with E-state index in [1.54, 1.807) is 32.9 Å². The molecule has 0 aliphatic carbocycles. The molecule has 6 heteroatoms. The summed E-state index contributed by atoms with van der Waals surface area (Å²) in [6.45, 7) is 9.21. The summed E-state index contributed by atoms with van der Waals surface area (Å²) < 4.78 is 5.11. The summed E-state index contributed by atoms with van der Waals surface area (Å²) in [6.07, 6.45) is -2.36. The molecule has 0 aliphatic rings. The fraction of sp³-hybridized carbons (Fsp3) is 0.588. The molecule has 2 unspecified atom stereocenters. The summed E-state index contributed by atoms with van der Waals surface area (Å²) in [5.74, 6) is 0. The molecule has 130 valence electrons. The first kappa shape index (κ1) is 19.7. The van der Waals surface area contributed by atoms with Gasteiger partial charge in [-0.2, -0.15) is 0 Å². The highest BCUT2D eigenvalue weighted by atomic mass is 35.5. The molecule has 0 saturated heterocycles. The Balaban J connectivity index is 2.59. The number of aliphatic hydroxyl groups excluding tert-OH is 2. The molecule has 0 saturated carbocycles. The zero-order valence-corrected chi connectivity index (χ0v) is 15.1. The molecule has 0 aromatic heterocycles. The molecular formula is C17H26ClNO4. The first-order valence-corrected chi connectivity index (χ1v) is 7.98. The Labute approximate surface area is 142 Å². The fourth-order valence-corrected chi connectivity index (χ4v) is 2.70. The Morgan fingerprint density at radius 2 is 1.78 bits per heavy atom. The number of hydrogen-bond donors (Lipinski definition) is 3. The predicted octanol–water partition coefficient (Wildman–Crippen LogP) is 3.27. The van der Waals surface area contributed by atoms with Crippen molar-refractivity contribution in [3.63, 3.8) is 0 Å². The minimum Gasteiger partial charge on any atom is -0.444 e. The summed E-state index contributed by atoms with van der Waals surface area (Å²) in [4.78, 5) is 11.5. The maximum Gasteiger partial charge on any atom is 0.407 e. The molecule has 1 rings (SSSR count). The molecule has 5 nitrogen and oxygen atoms in total. The number of aliphatic hydroxyl groups is 2. The van der Waals surface area contributed by atoms with Crippen molar-refractivity contribution >= 4 is 17.7 Å². The molecule has 1 amide bonds. The van der Waals surface area contributed by atoms with E-state index in [0.717, 1.165) is 11.1 Å². The minimum absolute atomic E-state index is 0.207. The van der Waals surface area contributed by atoms with Gasteiger partial charge in [0.15, 0.2) is 0 Å². The number of aryl methyl sites for hydroxylation is 2.